The fourth-order valence-electron chi connectivity index (χ4n) is 6.63. The molecule has 0 aromatic rings. The predicted octanol–water partition coefficient (Wildman–Crippen LogP) is 2.64. The third kappa shape index (κ3) is 1.85. The Balaban J connectivity index is 1.68. The standard InChI is InChI=1S/C19H30O3/c1-18-7-5-12(20)9-11(18)3-4-13-14(18)6-8-19(2)15(13)10-16(21)17(19)22/h3,12-17,20-22H,4-10H2,1-2H3/t12-,13-,14+,15+,16-,17?,18+,19+/m1/s1. The average molecular weight is 306 g/mol. The Morgan fingerprint density at radius 1 is 1.05 bits per heavy atom. The first-order valence-electron chi connectivity index (χ1n) is 9.10. The molecule has 0 aliphatic heterocycles. The summed E-state index contributed by atoms with van der Waals surface area (Å²) in [5.74, 6) is 1.70. The summed E-state index contributed by atoms with van der Waals surface area (Å²) in [5.41, 5.74) is 1.62. The van der Waals surface area contributed by atoms with Crippen molar-refractivity contribution in [1.82, 2.24) is 0 Å². The van der Waals surface area contributed by atoms with Crippen molar-refractivity contribution >= 4 is 0 Å². The Morgan fingerprint density at radius 2 is 1.82 bits per heavy atom. The van der Waals surface area contributed by atoms with Crippen molar-refractivity contribution in [1.29, 1.82) is 0 Å². The van der Waals surface area contributed by atoms with E-state index in [1.54, 1.807) is 0 Å². The number of hydrogen-bond acceptors (Lipinski definition) is 3. The van der Waals surface area contributed by atoms with Gasteiger partial charge in [0.2, 0.25) is 0 Å². The molecule has 0 saturated heterocycles. The maximum Gasteiger partial charge on any atom is 0.0855 e. The van der Waals surface area contributed by atoms with E-state index in [0.29, 0.717) is 17.8 Å². The molecule has 3 saturated carbocycles. The van der Waals surface area contributed by atoms with Crippen LogP contribution in [0.15, 0.2) is 11.6 Å². The van der Waals surface area contributed by atoms with E-state index >= 15 is 0 Å². The molecule has 0 spiro atoms. The van der Waals surface area contributed by atoms with E-state index in [-0.39, 0.29) is 16.9 Å². The van der Waals surface area contributed by atoms with Crippen molar-refractivity contribution in [2.75, 3.05) is 0 Å². The van der Waals surface area contributed by atoms with E-state index in [1.165, 1.54) is 5.57 Å². The van der Waals surface area contributed by atoms with Gasteiger partial charge in [0.1, 0.15) is 0 Å². The zero-order valence-corrected chi connectivity index (χ0v) is 13.8. The molecule has 22 heavy (non-hydrogen) atoms. The third-order valence-corrected chi connectivity index (χ3v) is 8.05. The van der Waals surface area contributed by atoms with E-state index in [0.717, 1.165) is 44.9 Å². The first-order chi connectivity index (χ1) is 10.4. The number of aliphatic hydroxyl groups excluding tert-OH is 3. The van der Waals surface area contributed by atoms with Crippen molar-refractivity contribution in [2.45, 2.75) is 77.1 Å². The monoisotopic (exact) mass is 306 g/mol. The fourth-order valence-corrected chi connectivity index (χ4v) is 6.63. The summed E-state index contributed by atoms with van der Waals surface area (Å²) in [6.07, 6.45) is 8.04. The largest absolute Gasteiger partial charge is 0.393 e. The summed E-state index contributed by atoms with van der Waals surface area (Å²) in [7, 11) is 0. The van der Waals surface area contributed by atoms with Crippen molar-refractivity contribution in [3.05, 3.63) is 11.6 Å². The van der Waals surface area contributed by atoms with E-state index < -0.39 is 12.2 Å². The second-order valence-corrected chi connectivity index (χ2v) is 8.95. The maximum absolute atomic E-state index is 10.5. The van der Waals surface area contributed by atoms with Crippen LogP contribution in [0.5, 0.6) is 0 Å². The van der Waals surface area contributed by atoms with Crippen LogP contribution >= 0.6 is 0 Å². The van der Waals surface area contributed by atoms with Gasteiger partial charge in [0.05, 0.1) is 18.3 Å². The van der Waals surface area contributed by atoms with Crippen molar-refractivity contribution in [3.8, 4) is 0 Å². The highest BCUT2D eigenvalue weighted by Crippen LogP contribution is 2.64. The molecule has 3 fully saturated rings. The van der Waals surface area contributed by atoms with Gasteiger partial charge in [-0.25, -0.2) is 0 Å². The highest BCUT2D eigenvalue weighted by Gasteiger charge is 2.60. The van der Waals surface area contributed by atoms with Gasteiger partial charge in [-0.15, -0.1) is 0 Å². The molecule has 4 aliphatic carbocycles. The van der Waals surface area contributed by atoms with Crippen LogP contribution in [-0.4, -0.2) is 33.6 Å². The minimum absolute atomic E-state index is 0.101. The van der Waals surface area contributed by atoms with Gasteiger partial charge in [0.15, 0.2) is 0 Å². The normalized spacial score (nSPS) is 57.6. The molecule has 0 aromatic heterocycles. The molecular formula is C19H30O3. The molecule has 124 valence electrons. The Hall–Kier alpha value is -0.380. The van der Waals surface area contributed by atoms with E-state index in [9.17, 15) is 15.3 Å². The van der Waals surface area contributed by atoms with Gasteiger partial charge in [-0.05, 0) is 73.5 Å². The van der Waals surface area contributed by atoms with Gasteiger partial charge in [-0.2, -0.15) is 0 Å². The Kier molecular flexibility index (Phi) is 3.32. The third-order valence-electron chi connectivity index (χ3n) is 8.05. The van der Waals surface area contributed by atoms with Gasteiger partial charge in [0.25, 0.3) is 0 Å². The lowest BCUT2D eigenvalue weighted by molar-refractivity contribution is -0.0817. The zero-order valence-electron chi connectivity index (χ0n) is 13.8. The van der Waals surface area contributed by atoms with Crippen LogP contribution in [0.4, 0.5) is 0 Å². The van der Waals surface area contributed by atoms with Crippen molar-refractivity contribution in [2.24, 2.45) is 28.6 Å². The highest BCUT2D eigenvalue weighted by atomic mass is 16.3. The molecule has 0 bridgehead atoms. The molecule has 0 heterocycles. The first kappa shape index (κ1) is 15.2. The first-order valence-corrected chi connectivity index (χ1v) is 9.10. The topological polar surface area (TPSA) is 60.7 Å². The zero-order chi connectivity index (χ0) is 15.7. The molecule has 8 atom stereocenters. The van der Waals surface area contributed by atoms with E-state index in [1.807, 2.05) is 0 Å². The predicted molar refractivity (Wildman–Crippen MR) is 85.1 cm³/mol. The van der Waals surface area contributed by atoms with Crippen LogP contribution in [0.1, 0.15) is 58.8 Å². The smallest absolute Gasteiger partial charge is 0.0855 e. The summed E-state index contributed by atoms with van der Waals surface area (Å²) in [4.78, 5) is 0. The highest BCUT2D eigenvalue weighted by molar-refractivity contribution is 5.25. The molecule has 0 amide bonds. The van der Waals surface area contributed by atoms with Crippen LogP contribution in [-0.2, 0) is 0 Å². The molecule has 3 N–H and O–H groups in total. The molecule has 4 aliphatic rings. The minimum Gasteiger partial charge on any atom is -0.393 e. The van der Waals surface area contributed by atoms with Crippen LogP contribution in [0.2, 0.25) is 0 Å². The quantitative estimate of drug-likeness (QED) is 0.603. The lowest BCUT2D eigenvalue weighted by Gasteiger charge is -2.57. The fraction of sp³-hybridized carbons (Fsp3) is 0.895. The Bertz CT molecular complexity index is 501. The van der Waals surface area contributed by atoms with Crippen LogP contribution in [0.25, 0.3) is 0 Å². The lowest BCUT2D eigenvalue weighted by Crippen LogP contribution is -2.51. The number of allylic oxidation sites excluding steroid dienone is 1. The number of aliphatic hydroxyl groups is 3. The summed E-state index contributed by atoms with van der Waals surface area (Å²) >= 11 is 0. The number of hydrogen-bond donors (Lipinski definition) is 3. The van der Waals surface area contributed by atoms with Crippen LogP contribution in [0, 0.1) is 28.6 Å². The number of fused-ring (bicyclic) bond motifs is 5. The summed E-state index contributed by atoms with van der Waals surface area (Å²) in [5, 5.41) is 30.7. The Morgan fingerprint density at radius 3 is 2.59 bits per heavy atom. The SMILES string of the molecule is C[C@]12CC[C@@H](O)CC1=CC[C@@H]1[C@@H]2CC[C@]2(C)C(O)[C@H](O)C[C@@H]12. The van der Waals surface area contributed by atoms with Crippen LogP contribution < -0.4 is 0 Å². The molecule has 0 aromatic carbocycles. The molecule has 3 heteroatoms. The molecule has 4 rings (SSSR count). The summed E-state index contributed by atoms with van der Waals surface area (Å²) < 4.78 is 0. The summed E-state index contributed by atoms with van der Waals surface area (Å²) in [6.45, 7) is 4.60. The van der Waals surface area contributed by atoms with Gasteiger partial charge in [0, 0.05) is 0 Å². The second-order valence-electron chi connectivity index (χ2n) is 8.95. The van der Waals surface area contributed by atoms with E-state index in [2.05, 4.69) is 19.9 Å². The van der Waals surface area contributed by atoms with Gasteiger partial charge in [-0.1, -0.05) is 25.5 Å². The second kappa shape index (κ2) is 4.81. The Labute approximate surface area is 133 Å². The maximum atomic E-state index is 10.5. The van der Waals surface area contributed by atoms with E-state index in [4.69, 9.17) is 0 Å². The number of rotatable bonds is 0. The average Bonchev–Trinajstić information content (AvgIpc) is 2.72. The molecular weight excluding hydrogens is 276 g/mol. The summed E-state index contributed by atoms with van der Waals surface area (Å²) in [6, 6.07) is 0. The van der Waals surface area contributed by atoms with Crippen molar-refractivity contribution in [3.63, 3.8) is 0 Å². The lowest BCUT2D eigenvalue weighted by atomic mass is 9.48. The molecule has 0 radical (unpaired) electrons. The molecule has 1 unspecified atom stereocenters. The minimum atomic E-state index is -0.551. The van der Waals surface area contributed by atoms with Gasteiger partial charge in [-0.3, -0.25) is 0 Å². The van der Waals surface area contributed by atoms with Crippen molar-refractivity contribution < 1.29 is 15.3 Å². The van der Waals surface area contributed by atoms with Gasteiger partial charge < -0.3 is 15.3 Å². The van der Waals surface area contributed by atoms with Gasteiger partial charge >= 0.3 is 0 Å². The van der Waals surface area contributed by atoms with Crippen LogP contribution in [0.3, 0.4) is 0 Å². The molecule has 3 nitrogen and oxygen atoms in total.